The lowest BCUT2D eigenvalue weighted by Gasteiger charge is -2.37. The molecular formula is C7H7F6N3O2. The molecule has 5 nitrogen and oxygen atoms in total. The van der Waals surface area contributed by atoms with E-state index in [2.05, 4.69) is 4.99 Å². The molecule has 0 spiro atoms. The van der Waals surface area contributed by atoms with Crippen molar-refractivity contribution in [1.29, 1.82) is 0 Å². The number of alkyl halides is 6. The Labute approximate surface area is 96.3 Å². The molecule has 0 bridgehead atoms. The second-order valence-corrected chi connectivity index (χ2v) is 3.40. The molecule has 0 radical (unpaired) electrons. The molecule has 104 valence electrons. The molecule has 0 aromatic carbocycles. The van der Waals surface area contributed by atoms with Crippen LogP contribution in [0.1, 0.15) is 0 Å². The van der Waals surface area contributed by atoms with E-state index in [1.54, 1.807) is 0 Å². The minimum Gasteiger partial charge on any atom is -0.480 e. The van der Waals surface area contributed by atoms with Crippen LogP contribution in [0.3, 0.4) is 0 Å². The fourth-order valence-corrected chi connectivity index (χ4v) is 1.29. The lowest BCUT2D eigenvalue weighted by Crippen LogP contribution is -2.58. The summed E-state index contributed by atoms with van der Waals surface area (Å²) < 4.78 is 74.2. The Kier molecular flexibility index (Phi) is 3.74. The van der Waals surface area contributed by atoms with Crippen LogP contribution in [0.25, 0.3) is 0 Å². The highest BCUT2D eigenvalue weighted by Crippen LogP contribution is 2.34. The van der Waals surface area contributed by atoms with Gasteiger partial charge in [0.1, 0.15) is 6.54 Å². The van der Waals surface area contributed by atoms with Crippen LogP contribution < -0.4 is 0 Å². The van der Waals surface area contributed by atoms with Crippen molar-refractivity contribution in [3.63, 3.8) is 0 Å². The van der Waals surface area contributed by atoms with Gasteiger partial charge in [-0.25, -0.2) is 4.99 Å². The summed E-state index contributed by atoms with van der Waals surface area (Å²) in [5.41, 5.74) is 0. The minimum atomic E-state index is -5.27. The predicted octanol–water partition coefficient (Wildman–Crippen LogP) is 1.08. The van der Waals surface area contributed by atoms with E-state index < -0.39 is 42.7 Å². The first-order chi connectivity index (χ1) is 8.01. The fraction of sp³-hybridized carbons (Fsp3) is 0.714. The standard InChI is InChI=1S/C7H7F6N3O2/c8-6(9,10)5-14-2-15(1-4(17)18)3-16(5)7(11,12)13/h2,5H,1,3H2,(H,17,18). The Bertz CT molecular complexity index is 352. The van der Waals surface area contributed by atoms with E-state index in [-0.39, 0.29) is 0 Å². The van der Waals surface area contributed by atoms with E-state index in [9.17, 15) is 31.1 Å². The van der Waals surface area contributed by atoms with Crippen LogP contribution >= 0.6 is 0 Å². The van der Waals surface area contributed by atoms with Crippen LogP contribution in [0.2, 0.25) is 0 Å². The van der Waals surface area contributed by atoms with E-state index in [4.69, 9.17) is 5.11 Å². The maximum atomic E-state index is 12.4. The van der Waals surface area contributed by atoms with Crippen molar-refractivity contribution in [1.82, 2.24) is 9.80 Å². The number of halogens is 6. The highest BCUT2D eigenvalue weighted by molar-refractivity contribution is 5.73. The van der Waals surface area contributed by atoms with Gasteiger partial charge in [0, 0.05) is 0 Å². The lowest BCUT2D eigenvalue weighted by molar-refractivity contribution is -0.307. The smallest absolute Gasteiger partial charge is 0.463 e. The van der Waals surface area contributed by atoms with Gasteiger partial charge < -0.3 is 10.0 Å². The van der Waals surface area contributed by atoms with Gasteiger partial charge in [-0.2, -0.15) is 31.2 Å². The molecular weight excluding hydrogens is 272 g/mol. The summed E-state index contributed by atoms with van der Waals surface area (Å²) in [4.78, 5) is 12.6. The SMILES string of the molecule is O=C(O)CN1C=NC(C(F)(F)F)N(C(F)(F)F)C1. The monoisotopic (exact) mass is 279 g/mol. The molecule has 0 saturated heterocycles. The molecule has 0 amide bonds. The first-order valence-electron chi connectivity index (χ1n) is 4.41. The number of carbonyl (C=O) groups is 1. The first-order valence-corrected chi connectivity index (χ1v) is 4.41. The number of carboxylic acid groups (broad SMARTS) is 1. The van der Waals surface area contributed by atoms with Crippen molar-refractivity contribution in [2.24, 2.45) is 4.99 Å². The third-order valence-corrected chi connectivity index (χ3v) is 1.96. The highest BCUT2D eigenvalue weighted by atomic mass is 19.4. The van der Waals surface area contributed by atoms with Crippen LogP contribution in [0.4, 0.5) is 26.3 Å². The third kappa shape index (κ3) is 3.48. The molecule has 0 saturated carbocycles. The van der Waals surface area contributed by atoms with Crippen molar-refractivity contribution in [2.45, 2.75) is 18.6 Å². The topological polar surface area (TPSA) is 56.1 Å². The molecule has 0 aromatic rings. The zero-order valence-corrected chi connectivity index (χ0v) is 8.53. The molecule has 1 aliphatic rings. The summed E-state index contributed by atoms with van der Waals surface area (Å²) in [7, 11) is 0. The van der Waals surface area contributed by atoms with Gasteiger partial charge in [0.25, 0.3) is 0 Å². The molecule has 0 aliphatic carbocycles. The molecule has 18 heavy (non-hydrogen) atoms. The number of hydrogen-bond donors (Lipinski definition) is 1. The van der Waals surface area contributed by atoms with Gasteiger partial charge in [-0.05, 0) is 0 Å². The molecule has 1 rings (SSSR count). The van der Waals surface area contributed by atoms with Crippen LogP contribution in [0, 0.1) is 0 Å². The summed E-state index contributed by atoms with van der Waals surface area (Å²) in [5, 5.41) is 8.36. The zero-order chi connectivity index (χ0) is 14.1. The average molecular weight is 279 g/mol. The lowest BCUT2D eigenvalue weighted by atomic mass is 10.4. The Morgan fingerprint density at radius 3 is 2.28 bits per heavy atom. The number of hydrogen-bond acceptors (Lipinski definition) is 4. The summed E-state index contributed by atoms with van der Waals surface area (Å²) in [6.07, 6.45) is -13.1. The average Bonchev–Trinajstić information content (AvgIpc) is 2.13. The molecule has 1 N–H and O–H groups in total. The zero-order valence-electron chi connectivity index (χ0n) is 8.53. The van der Waals surface area contributed by atoms with Crippen LogP contribution in [-0.2, 0) is 4.79 Å². The van der Waals surface area contributed by atoms with E-state index in [1.807, 2.05) is 0 Å². The Balaban J connectivity index is 2.95. The number of carboxylic acids is 1. The summed E-state index contributed by atoms with van der Waals surface area (Å²) >= 11 is 0. The summed E-state index contributed by atoms with van der Waals surface area (Å²) in [6, 6.07) is 0. The van der Waals surface area contributed by atoms with Crippen molar-refractivity contribution >= 4 is 12.3 Å². The fourth-order valence-electron chi connectivity index (χ4n) is 1.29. The minimum absolute atomic E-state index is 0.453. The van der Waals surface area contributed by atoms with Crippen molar-refractivity contribution in [3.8, 4) is 0 Å². The van der Waals surface area contributed by atoms with Gasteiger partial charge in [-0.1, -0.05) is 0 Å². The Hall–Kier alpha value is -1.52. The molecule has 0 aromatic heterocycles. The van der Waals surface area contributed by atoms with Crippen molar-refractivity contribution < 1.29 is 36.2 Å². The van der Waals surface area contributed by atoms with Gasteiger partial charge >= 0.3 is 18.4 Å². The van der Waals surface area contributed by atoms with Gasteiger partial charge in [0.05, 0.1) is 13.0 Å². The second kappa shape index (κ2) is 4.63. The predicted molar refractivity (Wildman–Crippen MR) is 45.4 cm³/mol. The van der Waals surface area contributed by atoms with Gasteiger partial charge in [-0.15, -0.1) is 0 Å². The van der Waals surface area contributed by atoms with E-state index in [1.165, 1.54) is 0 Å². The van der Waals surface area contributed by atoms with Crippen LogP contribution in [0.5, 0.6) is 0 Å². The molecule has 11 heteroatoms. The molecule has 1 heterocycles. The largest absolute Gasteiger partial charge is 0.480 e. The third-order valence-electron chi connectivity index (χ3n) is 1.96. The molecule has 1 atom stereocenters. The molecule has 1 unspecified atom stereocenters. The van der Waals surface area contributed by atoms with E-state index >= 15 is 0 Å². The maximum absolute atomic E-state index is 12.4. The van der Waals surface area contributed by atoms with Gasteiger partial charge in [-0.3, -0.25) is 4.79 Å². The summed E-state index contributed by atoms with van der Waals surface area (Å²) in [6.45, 7) is -2.12. The van der Waals surface area contributed by atoms with E-state index in [0.29, 0.717) is 11.2 Å². The molecule has 1 aliphatic heterocycles. The Morgan fingerprint density at radius 1 is 1.33 bits per heavy atom. The van der Waals surface area contributed by atoms with Crippen LogP contribution in [0.15, 0.2) is 4.99 Å². The van der Waals surface area contributed by atoms with Crippen molar-refractivity contribution in [2.75, 3.05) is 13.2 Å². The van der Waals surface area contributed by atoms with Gasteiger partial charge in [0.15, 0.2) is 0 Å². The quantitative estimate of drug-likeness (QED) is 0.607. The maximum Gasteiger partial charge on any atom is 0.463 e. The number of aliphatic carboxylic acids is 1. The van der Waals surface area contributed by atoms with Gasteiger partial charge in [0.2, 0.25) is 6.17 Å². The van der Waals surface area contributed by atoms with Crippen LogP contribution in [-0.4, -0.2) is 59.1 Å². The number of rotatable bonds is 2. The van der Waals surface area contributed by atoms with E-state index in [0.717, 1.165) is 0 Å². The number of nitrogens with zero attached hydrogens (tertiary/aromatic N) is 3. The first kappa shape index (κ1) is 14.5. The van der Waals surface area contributed by atoms with Crippen molar-refractivity contribution in [3.05, 3.63) is 0 Å². The Morgan fingerprint density at radius 2 is 1.89 bits per heavy atom. The summed E-state index contributed by atoms with van der Waals surface area (Å²) in [5.74, 6) is -1.48. The second-order valence-electron chi connectivity index (χ2n) is 3.40. The highest BCUT2D eigenvalue weighted by Gasteiger charge is 2.54. The molecule has 0 fully saturated rings. The normalized spacial score (nSPS) is 22.3. The number of aliphatic imine (C=N–C) groups is 1.